The van der Waals surface area contributed by atoms with Crippen LogP contribution in [0, 0.1) is 18.2 Å². The predicted molar refractivity (Wildman–Crippen MR) is 88.6 cm³/mol. The van der Waals surface area contributed by atoms with Crippen LogP contribution in [0.25, 0.3) is 0 Å². The molecule has 0 atom stereocenters. The first kappa shape index (κ1) is 16.7. The number of anilines is 2. The van der Waals surface area contributed by atoms with Gasteiger partial charge < -0.3 is 4.74 Å². The van der Waals surface area contributed by atoms with Gasteiger partial charge in [0.05, 0.1) is 24.3 Å². The molecule has 0 saturated carbocycles. The highest BCUT2D eigenvalue weighted by Crippen LogP contribution is 2.39. The number of imide groups is 1. The van der Waals surface area contributed by atoms with E-state index in [2.05, 4.69) is 5.92 Å². The number of rotatable bonds is 2. The second kappa shape index (κ2) is 6.06. The molecule has 25 heavy (non-hydrogen) atoms. The summed E-state index contributed by atoms with van der Waals surface area (Å²) in [5.74, 6) is 0.239. The number of allylic oxidation sites excluding steroid dienone is 1. The molecule has 0 unspecified atom stereocenters. The van der Waals surface area contributed by atoms with Crippen molar-refractivity contribution in [3.8, 4) is 18.1 Å². The van der Waals surface area contributed by atoms with Crippen LogP contribution in [0.3, 0.4) is 0 Å². The van der Waals surface area contributed by atoms with Crippen molar-refractivity contribution in [3.63, 3.8) is 0 Å². The Morgan fingerprint density at radius 1 is 1.24 bits per heavy atom. The maximum Gasteiger partial charge on any atom is 0.265 e. The summed E-state index contributed by atoms with van der Waals surface area (Å²) < 4.78 is 19.8. The summed E-state index contributed by atoms with van der Waals surface area (Å²) in [7, 11) is 0. The third-order valence-corrected chi connectivity index (χ3v) is 4.10. The lowest BCUT2D eigenvalue weighted by molar-refractivity contribution is -0.121. The fourth-order valence-electron chi connectivity index (χ4n) is 2.84. The Labute approximate surface area is 143 Å². The van der Waals surface area contributed by atoms with Crippen LogP contribution in [0.1, 0.15) is 20.3 Å². The van der Waals surface area contributed by atoms with Crippen molar-refractivity contribution in [1.29, 1.82) is 0 Å². The summed E-state index contributed by atoms with van der Waals surface area (Å²) in [6.07, 6.45) is 5.20. The lowest BCUT2D eigenvalue weighted by Gasteiger charge is -2.29. The van der Waals surface area contributed by atoms with Crippen LogP contribution in [-0.4, -0.2) is 30.9 Å². The normalized spacial score (nSPS) is 16.7. The molecule has 1 fully saturated rings. The van der Waals surface area contributed by atoms with Crippen LogP contribution in [0.5, 0.6) is 5.75 Å². The number of carbonyl (C=O) groups is 3. The molecule has 0 aliphatic carbocycles. The molecule has 0 aromatic heterocycles. The molecule has 0 N–H and O–H groups in total. The van der Waals surface area contributed by atoms with Gasteiger partial charge in [0.15, 0.2) is 12.4 Å². The Balaban J connectivity index is 2.12. The summed E-state index contributed by atoms with van der Waals surface area (Å²) in [4.78, 5) is 38.8. The third kappa shape index (κ3) is 2.66. The lowest BCUT2D eigenvalue weighted by atomic mass is 10.1. The van der Waals surface area contributed by atoms with E-state index in [0.717, 1.165) is 11.0 Å². The number of hydrogen-bond acceptors (Lipinski definition) is 4. The molecule has 1 aromatic carbocycles. The monoisotopic (exact) mass is 342 g/mol. The first-order chi connectivity index (χ1) is 11.8. The number of benzene rings is 1. The molecule has 2 aliphatic rings. The van der Waals surface area contributed by atoms with Crippen LogP contribution in [0.15, 0.2) is 23.3 Å². The van der Waals surface area contributed by atoms with E-state index in [9.17, 15) is 18.8 Å². The van der Waals surface area contributed by atoms with Gasteiger partial charge >= 0.3 is 0 Å². The Morgan fingerprint density at radius 3 is 2.56 bits per heavy atom. The number of amides is 3. The second-order valence-electron chi connectivity index (χ2n) is 5.93. The van der Waals surface area contributed by atoms with Gasteiger partial charge in [-0.1, -0.05) is 11.5 Å². The first-order valence-electron chi connectivity index (χ1n) is 7.59. The summed E-state index contributed by atoms with van der Waals surface area (Å²) >= 11 is 0. The first-order valence-corrected chi connectivity index (χ1v) is 7.59. The van der Waals surface area contributed by atoms with E-state index in [1.54, 1.807) is 13.8 Å². The molecular formula is C18H15FN2O4. The smallest absolute Gasteiger partial charge is 0.265 e. The molecule has 128 valence electrons. The van der Waals surface area contributed by atoms with Gasteiger partial charge in [0, 0.05) is 11.6 Å². The van der Waals surface area contributed by atoms with E-state index in [1.165, 1.54) is 11.0 Å². The van der Waals surface area contributed by atoms with Crippen LogP contribution >= 0.6 is 0 Å². The van der Waals surface area contributed by atoms with E-state index >= 15 is 0 Å². The maximum absolute atomic E-state index is 14.5. The summed E-state index contributed by atoms with van der Waals surface area (Å²) in [5, 5.41) is 0. The van der Waals surface area contributed by atoms with Gasteiger partial charge in [0.25, 0.3) is 11.8 Å². The van der Waals surface area contributed by atoms with Crippen molar-refractivity contribution in [2.24, 2.45) is 0 Å². The van der Waals surface area contributed by atoms with Gasteiger partial charge in [0.2, 0.25) is 5.91 Å². The van der Waals surface area contributed by atoms with E-state index < -0.39 is 17.6 Å². The van der Waals surface area contributed by atoms with Crippen molar-refractivity contribution in [2.75, 3.05) is 23.0 Å². The van der Waals surface area contributed by atoms with Crippen molar-refractivity contribution >= 4 is 29.1 Å². The number of terminal acetylenes is 1. The SMILES string of the molecule is C#CCN1C(=O)COc2cc(F)c(N3C(=O)CC(=C(C)C)C3=O)cc21. The second-order valence-corrected chi connectivity index (χ2v) is 5.93. The van der Waals surface area contributed by atoms with Gasteiger partial charge in [-0.2, -0.15) is 0 Å². The average Bonchev–Trinajstić information content (AvgIpc) is 2.85. The van der Waals surface area contributed by atoms with Crippen LogP contribution in [0.4, 0.5) is 15.8 Å². The van der Waals surface area contributed by atoms with Crippen molar-refractivity contribution in [1.82, 2.24) is 0 Å². The minimum Gasteiger partial charge on any atom is -0.481 e. The number of ether oxygens (including phenoxy) is 1. The topological polar surface area (TPSA) is 66.9 Å². The predicted octanol–water partition coefficient (Wildman–Crippen LogP) is 1.78. The van der Waals surface area contributed by atoms with E-state index in [4.69, 9.17) is 11.2 Å². The maximum atomic E-state index is 14.5. The number of carbonyl (C=O) groups excluding carboxylic acids is 3. The lowest BCUT2D eigenvalue weighted by Crippen LogP contribution is -2.39. The zero-order valence-electron chi connectivity index (χ0n) is 13.8. The molecule has 7 heteroatoms. The number of hydrogen-bond donors (Lipinski definition) is 0. The number of halogens is 1. The van der Waals surface area contributed by atoms with Crippen molar-refractivity contribution in [3.05, 3.63) is 29.1 Å². The molecule has 1 aromatic rings. The van der Waals surface area contributed by atoms with Gasteiger partial charge in [-0.05, 0) is 19.9 Å². The van der Waals surface area contributed by atoms with E-state index in [0.29, 0.717) is 11.1 Å². The minimum absolute atomic E-state index is 0.0264. The summed E-state index contributed by atoms with van der Waals surface area (Å²) in [6.45, 7) is 3.15. The molecule has 3 amide bonds. The molecule has 1 saturated heterocycles. The molecule has 0 radical (unpaired) electrons. The van der Waals surface area contributed by atoms with Crippen molar-refractivity contribution < 1.29 is 23.5 Å². The zero-order valence-corrected chi connectivity index (χ0v) is 13.8. The van der Waals surface area contributed by atoms with Gasteiger partial charge in [-0.25, -0.2) is 9.29 Å². The Kier molecular flexibility index (Phi) is 4.05. The fourth-order valence-corrected chi connectivity index (χ4v) is 2.84. The van der Waals surface area contributed by atoms with E-state index in [1.807, 2.05) is 0 Å². The average molecular weight is 342 g/mol. The highest BCUT2D eigenvalue weighted by Gasteiger charge is 2.38. The molecule has 2 heterocycles. The van der Waals surface area contributed by atoms with Gasteiger partial charge in [-0.15, -0.1) is 6.42 Å². The number of nitrogens with zero attached hydrogens (tertiary/aromatic N) is 2. The highest BCUT2D eigenvalue weighted by atomic mass is 19.1. The molecule has 0 spiro atoms. The third-order valence-electron chi connectivity index (χ3n) is 4.10. The summed E-state index contributed by atoms with van der Waals surface area (Å²) in [6, 6.07) is 2.31. The Morgan fingerprint density at radius 2 is 1.96 bits per heavy atom. The molecule has 0 bridgehead atoms. The number of fused-ring (bicyclic) bond motifs is 1. The molecule has 3 rings (SSSR count). The van der Waals surface area contributed by atoms with Crippen LogP contribution in [0.2, 0.25) is 0 Å². The van der Waals surface area contributed by atoms with Gasteiger partial charge in [-0.3, -0.25) is 19.3 Å². The standard InChI is InChI=1S/C18H15FN2O4/c1-4-5-20-14-8-13(12(19)7-15(14)25-9-17(20)23)21-16(22)6-11(10(2)3)18(21)24/h1,7-8H,5-6,9H2,2-3H3. The van der Waals surface area contributed by atoms with Crippen LogP contribution in [-0.2, 0) is 14.4 Å². The molecule has 2 aliphatic heterocycles. The van der Waals surface area contributed by atoms with Gasteiger partial charge in [0.1, 0.15) is 5.75 Å². The summed E-state index contributed by atoms with van der Waals surface area (Å²) in [5.41, 5.74) is 1.06. The van der Waals surface area contributed by atoms with Crippen LogP contribution < -0.4 is 14.5 Å². The highest BCUT2D eigenvalue weighted by molar-refractivity contribution is 6.28. The largest absolute Gasteiger partial charge is 0.481 e. The van der Waals surface area contributed by atoms with E-state index in [-0.39, 0.29) is 42.6 Å². The fraction of sp³-hybridized carbons (Fsp3) is 0.278. The minimum atomic E-state index is -0.787. The Bertz CT molecular complexity index is 878. The molecule has 6 nitrogen and oxygen atoms in total. The molecular weight excluding hydrogens is 327 g/mol. The Hall–Kier alpha value is -3.14. The quantitative estimate of drug-likeness (QED) is 0.467. The zero-order chi connectivity index (χ0) is 18.3. The van der Waals surface area contributed by atoms with Crippen molar-refractivity contribution in [2.45, 2.75) is 20.3 Å².